The molecule has 4 heteroatoms. The molecule has 1 aliphatic heterocycles. The lowest BCUT2D eigenvalue weighted by molar-refractivity contribution is 0.282. The van der Waals surface area contributed by atoms with Crippen LogP contribution >= 0.6 is 0 Å². The van der Waals surface area contributed by atoms with Crippen LogP contribution in [0.25, 0.3) is 0 Å². The van der Waals surface area contributed by atoms with E-state index in [0.29, 0.717) is 0 Å². The Hall–Kier alpha value is -2.04. The zero-order chi connectivity index (χ0) is 26.3. The van der Waals surface area contributed by atoms with E-state index in [4.69, 9.17) is 0 Å². The molecular weight excluding hydrogens is 444 g/mol. The maximum Gasteiger partial charge on any atom is 0.0655 e. The molecule has 2 aromatic carbocycles. The lowest BCUT2D eigenvalue weighted by atomic mass is 9.85. The second-order valence-electron chi connectivity index (χ2n) is 12.5. The number of fused-ring (bicyclic) bond motifs is 2. The molecule has 0 fully saturated rings. The molecule has 0 aromatic heterocycles. The maximum atomic E-state index is 9.21. The summed E-state index contributed by atoms with van der Waals surface area (Å²) in [5.41, 5.74) is 8.15. The smallest absolute Gasteiger partial charge is 0.0655 e. The fraction of sp³-hybridized carbons (Fsp3) is 0.625. The Bertz CT molecular complexity index is 906. The number of rotatable bonds is 12. The van der Waals surface area contributed by atoms with Gasteiger partial charge in [0.25, 0.3) is 0 Å². The van der Waals surface area contributed by atoms with Crippen LogP contribution in [0.5, 0.6) is 0 Å². The average molecular weight is 495 g/mol. The van der Waals surface area contributed by atoms with Crippen LogP contribution in [-0.2, 0) is 10.8 Å². The minimum absolute atomic E-state index is 0.0878. The van der Waals surface area contributed by atoms with Gasteiger partial charge in [0.05, 0.1) is 22.7 Å². The average Bonchev–Trinajstić information content (AvgIpc) is 2.82. The van der Waals surface area contributed by atoms with Crippen molar-refractivity contribution in [1.29, 1.82) is 0 Å². The van der Waals surface area contributed by atoms with Crippen LogP contribution in [0.4, 0.5) is 22.7 Å². The molecule has 0 saturated heterocycles. The molecule has 0 spiro atoms. The first kappa shape index (κ1) is 28.5. The standard InChI is InChI=1S/C32H50N2O2/c1-31(2,3)25-15-17-27-29(23-25)34(20-12-8-10-14-22-36)30-24-26(32(4,5)6)16-18-28(30)33(27)19-11-7-9-13-21-35/h15-18,23-24,35-36H,7-14,19-22H2,1-6H3. The van der Waals surface area contributed by atoms with Crippen LogP contribution in [0.3, 0.4) is 0 Å². The molecule has 0 unspecified atom stereocenters. The number of hydrogen-bond acceptors (Lipinski definition) is 4. The maximum absolute atomic E-state index is 9.21. The number of unbranched alkanes of at least 4 members (excludes halogenated alkanes) is 6. The van der Waals surface area contributed by atoms with E-state index in [1.165, 1.54) is 33.9 Å². The molecule has 0 atom stereocenters. The lowest BCUT2D eigenvalue weighted by Gasteiger charge is -2.42. The second kappa shape index (κ2) is 12.5. The third-order valence-corrected chi connectivity index (χ3v) is 7.43. The summed E-state index contributed by atoms with van der Waals surface area (Å²) in [6.45, 7) is 16.3. The second-order valence-corrected chi connectivity index (χ2v) is 12.5. The minimum atomic E-state index is 0.0878. The van der Waals surface area contributed by atoms with Gasteiger partial charge in [-0.05, 0) is 71.9 Å². The Labute approximate surface area is 220 Å². The summed E-state index contributed by atoms with van der Waals surface area (Å²) >= 11 is 0. The Morgan fingerprint density at radius 3 is 1.22 bits per heavy atom. The largest absolute Gasteiger partial charge is 0.396 e. The highest BCUT2D eigenvalue weighted by Crippen LogP contribution is 2.50. The quantitative estimate of drug-likeness (QED) is 0.294. The van der Waals surface area contributed by atoms with Crippen molar-refractivity contribution in [2.45, 2.75) is 104 Å². The van der Waals surface area contributed by atoms with Gasteiger partial charge in [-0.1, -0.05) is 79.4 Å². The highest BCUT2D eigenvalue weighted by atomic mass is 16.3. The van der Waals surface area contributed by atoms with Crippen LogP contribution in [0.1, 0.15) is 104 Å². The third-order valence-electron chi connectivity index (χ3n) is 7.43. The summed E-state index contributed by atoms with van der Waals surface area (Å²) in [6, 6.07) is 14.1. The Morgan fingerprint density at radius 2 is 0.861 bits per heavy atom. The number of anilines is 4. The van der Waals surface area contributed by atoms with Crippen LogP contribution in [-0.4, -0.2) is 36.5 Å². The first-order chi connectivity index (χ1) is 17.1. The molecule has 0 amide bonds. The molecule has 1 heterocycles. The normalized spacial score (nSPS) is 13.7. The summed E-state index contributed by atoms with van der Waals surface area (Å²) < 4.78 is 0. The van der Waals surface area contributed by atoms with E-state index in [2.05, 4.69) is 87.7 Å². The van der Waals surface area contributed by atoms with Gasteiger partial charge in [-0.25, -0.2) is 0 Å². The summed E-state index contributed by atoms with van der Waals surface area (Å²) in [5, 5.41) is 18.4. The monoisotopic (exact) mass is 494 g/mol. The van der Waals surface area contributed by atoms with Gasteiger partial charge in [0.2, 0.25) is 0 Å². The molecule has 0 aliphatic carbocycles. The third kappa shape index (κ3) is 7.04. The molecule has 200 valence electrons. The zero-order valence-corrected chi connectivity index (χ0v) is 23.7. The van der Waals surface area contributed by atoms with E-state index in [1.54, 1.807) is 0 Å². The lowest BCUT2D eigenvalue weighted by Crippen LogP contribution is -2.32. The Morgan fingerprint density at radius 1 is 0.500 bits per heavy atom. The Balaban J connectivity index is 2.04. The number of benzene rings is 2. The van der Waals surface area contributed by atoms with Crippen LogP contribution in [0.15, 0.2) is 36.4 Å². The van der Waals surface area contributed by atoms with E-state index >= 15 is 0 Å². The van der Waals surface area contributed by atoms with Gasteiger partial charge in [-0.2, -0.15) is 0 Å². The number of nitrogens with zero attached hydrogens (tertiary/aromatic N) is 2. The summed E-state index contributed by atoms with van der Waals surface area (Å²) in [5.74, 6) is 0. The van der Waals surface area contributed by atoms with Crippen molar-refractivity contribution in [3.8, 4) is 0 Å². The number of aliphatic hydroxyl groups excluding tert-OH is 2. The van der Waals surface area contributed by atoms with E-state index in [1.807, 2.05) is 0 Å². The van der Waals surface area contributed by atoms with Crippen molar-refractivity contribution in [3.05, 3.63) is 47.5 Å². The van der Waals surface area contributed by atoms with Gasteiger partial charge in [-0.15, -0.1) is 0 Å². The molecule has 36 heavy (non-hydrogen) atoms. The first-order valence-corrected chi connectivity index (χ1v) is 14.1. The van der Waals surface area contributed by atoms with Crippen molar-refractivity contribution in [1.82, 2.24) is 0 Å². The molecule has 2 aromatic rings. The minimum Gasteiger partial charge on any atom is -0.396 e. The summed E-state index contributed by atoms with van der Waals surface area (Å²) in [6.07, 6.45) is 8.43. The number of aliphatic hydroxyl groups is 2. The highest BCUT2D eigenvalue weighted by molar-refractivity contribution is 5.93. The van der Waals surface area contributed by atoms with Crippen molar-refractivity contribution >= 4 is 22.7 Å². The van der Waals surface area contributed by atoms with Crippen molar-refractivity contribution in [3.63, 3.8) is 0 Å². The van der Waals surface area contributed by atoms with Gasteiger partial charge in [-0.3, -0.25) is 0 Å². The fourth-order valence-electron chi connectivity index (χ4n) is 5.08. The molecule has 0 saturated carbocycles. The van der Waals surface area contributed by atoms with Crippen molar-refractivity contribution < 1.29 is 10.2 Å². The van der Waals surface area contributed by atoms with Gasteiger partial charge in [0, 0.05) is 26.3 Å². The van der Waals surface area contributed by atoms with Crippen molar-refractivity contribution in [2.24, 2.45) is 0 Å². The van der Waals surface area contributed by atoms with Gasteiger partial charge in [0.1, 0.15) is 0 Å². The topological polar surface area (TPSA) is 46.9 Å². The summed E-state index contributed by atoms with van der Waals surface area (Å²) in [4.78, 5) is 5.10. The van der Waals surface area contributed by atoms with E-state index in [0.717, 1.165) is 64.5 Å². The molecule has 2 N–H and O–H groups in total. The molecule has 0 radical (unpaired) electrons. The predicted molar refractivity (Wildman–Crippen MR) is 155 cm³/mol. The summed E-state index contributed by atoms with van der Waals surface area (Å²) in [7, 11) is 0. The Kier molecular flexibility index (Phi) is 9.88. The van der Waals surface area contributed by atoms with Gasteiger partial charge in [0.15, 0.2) is 0 Å². The molecule has 3 rings (SSSR count). The van der Waals surface area contributed by atoms with Gasteiger partial charge >= 0.3 is 0 Å². The number of hydrogen-bond donors (Lipinski definition) is 2. The first-order valence-electron chi connectivity index (χ1n) is 14.1. The van der Waals surface area contributed by atoms with E-state index < -0.39 is 0 Å². The van der Waals surface area contributed by atoms with E-state index in [9.17, 15) is 10.2 Å². The zero-order valence-electron chi connectivity index (χ0n) is 23.7. The fourth-order valence-corrected chi connectivity index (χ4v) is 5.08. The van der Waals surface area contributed by atoms with Crippen LogP contribution in [0, 0.1) is 0 Å². The predicted octanol–water partition coefficient (Wildman–Crippen LogP) is 7.98. The molecular formula is C32H50N2O2. The van der Waals surface area contributed by atoms with Gasteiger partial charge < -0.3 is 20.0 Å². The molecule has 4 nitrogen and oxygen atoms in total. The highest BCUT2D eigenvalue weighted by Gasteiger charge is 2.30. The van der Waals surface area contributed by atoms with Crippen LogP contribution in [0.2, 0.25) is 0 Å². The van der Waals surface area contributed by atoms with E-state index in [-0.39, 0.29) is 24.0 Å². The van der Waals surface area contributed by atoms with Crippen LogP contribution < -0.4 is 9.80 Å². The SMILES string of the molecule is CC(C)(C)c1ccc2c(c1)N(CCCCCCO)c1cc(C(C)(C)C)ccc1N2CCCCCCO. The van der Waals surface area contributed by atoms with Crippen molar-refractivity contribution in [2.75, 3.05) is 36.1 Å². The molecule has 1 aliphatic rings. The molecule has 0 bridgehead atoms.